The molecular formula is C32H34FN5O4S. The van der Waals surface area contributed by atoms with Crippen LogP contribution in [0.5, 0.6) is 5.75 Å². The molecule has 1 fully saturated rings. The van der Waals surface area contributed by atoms with Crippen LogP contribution in [0, 0.1) is 23.2 Å². The number of carbonyl (C=O) groups excluding carboxylic acids is 1. The zero-order valence-electron chi connectivity index (χ0n) is 24.4. The fourth-order valence-corrected chi connectivity index (χ4v) is 5.94. The number of aryl methyl sites for hydroxylation is 1. The molecule has 1 aliphatic carbocycles. The third kappa shape index (κ3) is 6.78. The number of nitrogens with zero attached hydrogens (tertiary/aromatic N) is 3. The van der Waals surface area contributed by atoms with E-state index in [1.165, 1.54) is 18.2 Å². The van der Waals surface area contributed by atoms with E-state index in [2.05, 4.69) is 38.6 Å². The Morgan fingerprint density at radius 2 is 2.07 bits per heavy atom. The predicted molar refractivity (Wildman–Crippen MR) is 167 cm³/mol. The van der Waals surface area contributed by atoms with Gasteiger partial charge >= 0.3 is 5.91 Å². The fraction of sp³-hybridized carbons (Fsp3) is 0.344. The average molecular weight is 604 g/mol. The Kier molecular flexibility index (Phi) is 9.22. The maximum atomic E-state index is 13.2. The van der Waals surface area contributed by atoms with Crippen molar-refractivity contribution in [3.8, 4) is 17.0 Å². The highest BCUT2D eigenvalue weighted by molar-refractivity contribution is 7.96. The molecule has 2 aromatic carbocycles. The van der Waals surface area contributed by atoms with E-state index in [9.17, 15) is 13.6 Å². The second-order valence-electron chi connectivity index (χ2n) is 11.1. The van der Waals surface area contributed by atoms with E-state index >= 15 is 0 Å². The zero-order valence-corrected chi connectivity index (χ0v) is 25.2. The summed E-state index contributed by atoms with van der Waals surface area (Å²) in [5.41, 5.74) is 5.78. The van der Waals surface area contributed by atoms with Gasteiger partial charge in [-0.25, -0.2) is 4.98 Å². The molecule has 3 aromatic rings. The summed E-state index contributed by atoms with van der Waals surface area (Å²) in [6.07, 6.45) is 2.61. The number of methoxy groups -OCH3 is 1. The molecular weight excluding hydrogens is 569 g/mol. The van der Waals surface area contributed by atoms with Crippen LogP contribution in [0.2, 0.25) is 0 Å². The number of amides is 1. The molecule has 2 unspecified atom stereocenters. The van der Waals surface area contributed by atoms with E-state index in [1.807, 2.05) is 38.1 Å². The first-order valence-electron chi connectivity index (χ1n) is 14.0. The Morgan fingerprint density at radius 1 is 1.26 bits per heavy atom. The number of benzene rings is 2. The van der Waals surface area contributed by atoms with Gasteiger partial charge in [0.05, 0.1) is 25.0 Å². The number of fused-ring (bicyclic) bond motifs is 1. The minimum absolute atomic E-state index is 0.106. The van der Waals surface area contributed by atoms with E-state index in [1.54, 1.807) is 12.1 Å². The van der Waals surface area contributed by atoms with Crippen LogP contribution in [0.15, 0.2) is 71.2 Å². The van der Waals surface area contributed by atoms with Gasteiger partial charge in [0.2, 0.25) is 5.88 Å². The highest BCUT2D eigenvalue weighted by atomic mass is 32.2. The van der Waals surface area contributed by atoms with Crippen LogP contribution in [0.4, 0.5) is 9.70 Å². The summed E-state index contributed by atoms with van der Waals surface area (Å²) in [5.74, 6) is 0.247. The van der Waals surface area contributed by atoms with E-state index in [0.29, 0.717) is 48.1 Å². The molecule has 1 saturated carbocycles. The van der Waals surface area contributed by atoms with Crippen molar-refractivity contribution in [2.75, 3.05) is 25.5 Å². The van der Waals surface area contributed by atoms with Crippen LogP contribution in [0.1, 0.15) is 35.6 Å². The number of halogens is 1. The molecule has 11 heteroatoms. The number of ether oxygens (including phenoxy) is 2. The molecule has 9 nitrogen and oxygen atoms in total. The number of nitroso groups, excluding NO2 is 1. The summed E-state index contributed by atoms with van der Waals surface area (Å²) in [5, 5.41) is 12.7. The minimum Gasteiger partial charge on any atom is -0.488 e. The lowest BCUT2D eigenvalue weighted by atomic mass is 9.97. The lowest BCUT2D eigenvalue weighted by Gasteiger charge is -2.29. The number of rotatable bonds is 12. The molecule has 0 saturated heterocycles. The first kappa shape index (κ1) is 30.4. The summed E-state index contributed by atoms with van der Waals surface area (Å²) >= 11 is 0.503. The summed E-state index contributed by atoms with van der Waals surface area (Å²) < 4.78 is 24.6. The van der Waals surface area contributed by atoms with Gasteiger partial charge in [0.1, 0.15) is 23.7 Å². The molecule has 2 N–H and O–H groups in total. The third-order valence-corrected chi connectivity index (χ3v) is 8.99. The van der Waals surface area contributed by atoms with Crippen LogP contribution in [-0.2, 0) is 29.1 Å². The largest absolute Gasteiger partial charge is 0.488 e. The van der Waals surface area contributed by atoms with Gasteiger partial charge in [0.25, 0.3) is 0 Å². The van der Waals surface area contributed by atoms with Crippen molar-refractivity contribution < 1.29 is 18.2 Å². The van der Waals surface area contributed by atoms with Crippen LogP contribution in [0.3, 0.4) is 0 Å². The zero-order chi connectivity index (χ0) is 30.6. The monoisotopic (exact) mass is 603 g/mol. The van der Waals surface area contributed by atoms with Crippen molar-refractivity contribution in [3.05, 3.63) is 93.2 Å². The lowest BCUT2D eigenvalue weighted by molar-refractivity contribution is -0.114. The molecule has 1 amide bonds. The van der Waals surface area contributed by atoms with Gasteiger partial charge in [-0.3, -0.25) is 9.69 Å². The van der Waals surface area contributed by atoms with Crippen LogP contribution in [-0.4, -0.2) is 47.0 Å². The van der Waals surface area contributed by atoms with Crippen LogP contribution in [0.25, 0.3) is 11.3 Å². The number of hydrogen-bond donors (Lipinski definition) is 2. The van der Waals surface area contributed by atoms with Crippen LogP contribution < -0.4 is 10.1 Å². The summed E-state index contributed by atoms with van der Waals surface area (Å²) in [4.78, 5) is 29.6. The van der Waals surface area contributed by atoms with Crippen molar-refractivity contribution in [2.24, 2.45) is 11.1 Å². The normalized spacial score (nSPS) is 20.0. The van der Waals surface area contributed by atoms with Crippen molar-refractivity contribution in [1.82, 2.24) is 9.88 Å². The van der Waals surface area contributed by atoms with E-state index in [-0.39, 0.29) is 16.2 Å². The number of para-hydroxylation sites is 1. The van der Waals surface area contributed by atoms with Crippen molar-refractivity contribution in [3.63, 3.8) is 0 Å². The number of carbonyl (C=O) groups is 1. The van der Waals surface area contributed by atoms with Crippen LogP contribution >= 0.6 is 12.1 Å². The summed E-state index contributed by atoms with van der Waals surface area (Å²) in [6.45, 7) is 7.19. The van der Waals surface area contributed by atoms with Gasteiger partial charge in [0, 0.05) is 41.3 Å². The Balaban J connectivity index is 1.30. The molecule has 224 valence electrons. The smallest absolute Gasteiger partial charge is 0.323 e. The number of anilines is 1. The molecule has 0 spiro atoms. The van der Waals surface area contributed by atoms with Crippen molar-refractivity contribution in [1.29, 1.82) is 5.41 Å². The van der Waals surface area contributed by atoms with Gasteiger partial charge in [-0.1, -0.05) is 36.4 Å². The average Bonchev–Trinajstić information content (AvgIpc) is 3.68. The van der Waals surface area contributed by atoms with Gasteiger partial charge in [0.15, 0.2) is 0 Å². The van der Waals surface area contributed by atoms with E-state index in [0.717, 1.165) is 49.2 Å². The Labute approximate surface area is 254 Å². The van der Waals surface area contributed by atoms with Gasteiger partial charge in [-0.15, -0.1) is 4.91 Å². The van der Waals surface area contributed by atoms with E-state index < -0.39 is 5.91 Å². The quantitative estimate of drug-likeness (QED) is 0.103. The van der Waals surface area contributed by atoms with Gasteiger partial charge in [-0.05, 0) is 73.1 Å². The minimum atomic E-state index is -1.12. The SMILES string of the molecule is CO/C(Nc1cccc(-c2cccc(C)c2OCc2ccc3c(c2)CCN(CC2CC2(C)SF)C3)n1)=C(/C=N)C(=O)N=O. The maximum Gasteiger partial charge on any atom is 0.323 e. The maximum absolute atomic E-state index is 13.2. The lowest BCUT2D eigenvalue weighted by Crippen LogP contribution is -2.33. The fourth-order valence-electron chi connectivity index (χ4n) is 5.48. The molecule has 43 heavy (non-hydrogen) atoms. The third-order valence-electron chi connectivity index (χ3n) is 8.14. The molecule has 1 aromatic heterocycles. The molecule has 2 atom stereocenters. The molecule has 0 bridgehead atoms. The second-order valence-corrected chi connectivity index (χ2v) is 12.2. The second kappa shape index (κ2) is 13.0. The number of nitrogens with one attached hydrogen (secondary N) is 2. The summed E-state index contributed by atoms with van der Waals surface area (Å²) in [6, 6.07) is 17.7. The standard InChI is InChI=1S/C32H34FN5O4S/c1-20-6-4-7-25(27-8-5-9-28(35-27)36-31(41-3)26(16-34)30(39)37-40)29(20)42-19-21-10-11-23-17-38(13-12-22(23)14-21)18-24-15-32(24,2)43-33/h4-11,14,16,24,34H,12-13,15,17-19H2,1-3H3,(H,35,36)/b31-26-,34-16?. The highest BCUT2D eigenvalue weighted by Gasteiger charge is 2.52. The van der Waals surface area contributed by atoms with Crippen molar-refractivity contribution >= 4 is 30.1 Å². The molecule has 1 aliphatic heterocycles. The first-order chi connectivity index (χ1) is 20.8. The molecule has 2 heterocycles. The number of hydrogen-bond acceptors (Lipinski definition) is 9. The predicted octanol–water partition coefficient (Wildman–Crippen LogP) is 6.60. The Hall–Kier alpha value is -4.09. The number of pyridine rings is 1. The summed E-state index contributed by atoms with van der Waals surface area (Å²) in [7, 11) is 1.31. The number of aromatic nitrogens is 1. The Morgan fingerprint density at radius 3 is 2.79 bits per heavy atom. The first-order valence-corrected chi connectivity index (χ1v) is 14.8. The Bertz CT molecular complexity index is 1580. The highest BCUT2D eigenvalue weighted by Crippen LogP contribution is 2.54. The van der Waals surface area contributed by atoms with Gasteiger partial charge in [-0.2, -0.15) is 3.89 Å². The van der Waals surface area contributed by atoms with E-state index in [4.69, 9.17) is 14.9 Å². The molecule has 0 radical (unpaired) electrons. The van der Waals surface area contributed by atoms with Gasteiger partial charge < -0.3 is 20.2 Å². The molecule has 5 rings (SSSR count). The molecule has 2 aliphatic rings. The van der Waals surface area contributed by atoms with Crippen molar-refractivity contribution in [2.45, 2.75) is 44.6 Å². The topological polar surface area (TPSA) is 117 Å².